The van der Waals surface area contributed by atoms with Gasteiger partial charge in [-0.2, -0.15) is 13.2 Å². The Morgan fingerprint density at radius 1 is 0.982 bits per heavy atom. The third-order valence-electron chi connectivity index (χ3n) is 8.83. The number of carbonyl (C=O) groups excluding carboxylic acids is 2. The van der Waals surface area contributed by atoms with Crippen molar-refractivity contribution in [1.29, 1.82) is 0 Å². The summed E-state index contributed by atoms with van der Waals surface area (Å²) >= 11 is 3.54. The van der Waals surface area contributed by atoms with Crippen LogP contribution >= 0.6 is 12.8 Å². The molecule has 3 aromatic carbocycles. The second-order valence-electron chi connectivity index (χ2n) is 12.0. The zero-order valence-corrected chi connectivity index (χ0v) is 34.4. The maximum atomic E-state index is 12.8. The molecule has 1 aromatic heterocycles. The number of nitrogens with zero attached hydrogens (tertiary/aromatic N) is 3. The van der Waals surface area contributed by atoms with Crippen LogP contribution in [0, 0.1) is 24.6 Å². The summed E-state index contributed by atoms with van der Waals surface area (Å²) in [6.07, 6.45) is -3.02. The monoisotopic (exact) mass is 809 g/mol. The van der Waals surface area contributed by atoms with Crippen molar-refractivity contribution in [3.8, 4) is 11.1 Å². The first-order valence-electron chi connectivity index (χ1n) is 17.9. The number of aromatic nitrogens is 2. The molecule has 4 atom stereocenters. The fourth-order valence-electron chi connectivity index (χ4n) is 6.14. The number of carboxylic acid groups (broad SMARTS) is 2. The Hall–Kier alpha value is -4.96. The van der Waals surface area contributed by atoms with Gasteiger partial charge in [-0.15, -0.1) is 0 Å². The number of thiol groups is 1. The molecule has 0 aliphatic heterocycles. The predicted octanol–water partition coefficient (Wildman–Crippen LogP) is 8.83. The summed E-state index contributed by atoms with van der Waals surface area (Å²) in [6, 6.07) is 16.4. The first kappa shape index (κ1) is 51.0. The molecule has 1 fully saturated rings. The van der Waals surface area contributed by atoms with Gasteiger partial charge < -0.3 is 25.0 Å². The summed E-state index contributed by atoms with van der Waals surface area (Å²) in [5, 5.41) is 18.8. The molecule has 1 unspecified atom stereocenters. The highest BCUT2D eigenvalue weighted by Crippen LogP contribution is 2.43. The lowest BCUT2D eigenvalue weighted by molar-refractivity contribution is -0.146. The number of benzene rings is 3. The Kier molecular flexibility index (Phi) is 23.0. The Bertz CT molecular complexity index is 1820. The van der Waals surface area contributed by atoms with Crippen molar-refractivity contribution in [3.63, 3.8) is 0 Å². The number of aryl methyl sites for hydroxylation is 2. The molecule has 0 bridgehead atoms. The third kappa shape index (κ3) is 14.6. The van der Waals surface area contributed by atoms with Gasteiger partial charge >= 0.3 is 12.1 Å². The minimum Gasteiger partial charge on any atom is -0.483 e. The number of aliphatic carboxylic acids is 1. The molecule has 4 N–H and O–H groups in total. The van der Waals surface area contributed by atoms with Gasteiger partial charge in [0.25, 0.3) is 6.47 Å². The van der Waals surface area contributed by atoms with E-state index in [4.69, 9.17) is 9.90 Å². The van der Waals surface area contributed by atoms with Crippen LogP contribution in [-0.4, -0.2) is 69.6 Å². The summed E-state index contributed by atoms with van der Waals surface area (Å²) in [5.74, 6) is -1.47. The zero-order valence-electron chi connectivity index (χ0n) is 33.5. The van der Waals surface area contributed by atoms with Crippen molar-refractivity contribution < 1.29 is 47.0 Å². The number of anilines is 1. The number of rotatable bonds is 6. The number of hydrogen-bond acceptors (Lipinski definition) is 7. The topological polar surface area (TPSA) is 154 Å². The second kappa shape index (κ2) is 25.2. The van der Waals surface area contributed by atoms with E-state index in [0.717, 1.165) is 39.6 Å². The number of alkyl halides is 3. The summed E-state index contributed by atoms with van der Waals surface area (Å²) < 4.78 is 53.5. The lowest BCUT2D eigenvalue weighted by Gasteiger charge is -2.42. The molecule has 11 nitrogen and oxygen atoms in total. The third-order valence-corrected chi connectivity index (χ3v) is 8.83. The molecule has 1 saturated carbocycles. The quantitative estimate of drug-likeness (QED) is 0.0736. The Balaban J connectivity index is 0.00000105. The van der Waals surface area contributed by atoms with E-state index in [0.29, 0.717) is 25.0 Å². The van der Waals surface area contributed by atoms with E-state index in [-0.39, 0.29) is 42.4 Å². The molecule has 56 heavy (non-hydrogen) atoms. The van der Waals surface area contributed by atoms with Crippen LogP contribution < -0.4 is 10.0 Å². The van der Waals surface area contributed by atoms with Gasteiger partial charge in [-0.3, -0.25) is 23.9 Å². The van der Waals surface area contributed by atoms with Gasteiger partial charge in [-0.25, -0.2) is 9.37 Å². The minimum absolute atomic E-state index is 0.00692. The first-order valence-corrected chi connectivity index (χ1v) is 18.3. The average Bonchev–Trinajstić information content (AvgIpc) is 3.45. The van der Waals surface area contributed by atoms with Crippen LogP contribution in [0.3, 0.4) is 0 Å². The lowest BCUT2D eigenvalue weighted by atomic mass is 9.68. The number of imidazole rings is 1. The van der Waals surface area contributed by atoms with Crippen LogP contribution in [0.15, 0.2) is 60.7 Å². The molecule has 1 aliphatic carbocycles. The maximum absolute atomic E-state index is 12.8. The van der Waals surface area contributed by atoms with Crippen molar-refractivity contribution in [2.75, 3.05) is 19.4 Å². The van der Waals surface area contributed by atoms with Crippen LogP contribution in [0.1, 0.15) is 77.3 Å². The van der Waals surface area contributed by atoms with Crippen molar-refractivity contribution >= 4 is 54.3 Å². The molecule has 4 aromatic rings. The highest BCUT2D eigenvalue weighted by atomic mass is 32.1. The summed E-state index contributed by atoms with van der Waals surface area (Å²) in [4.78, 5) is 48.7. The van der Waals surface area contributed by atoms with E-state index in [1.807, 2.05) is 73.1 Å². The molecule has 310 valence electrons. The number of fused-ring (bicyclic) bond motifs is 1. The summed E-state index contributed by atoms with van der Waals surface area (Å²) in [6.45, 7) is 13.3. The van der Waals surface area contributed by atoms with E-state index in [2.05, 4.69) is 57.4 Å². The molecule has 0 saturated heterocycles. The van der Waals surface area contributed by atoms with Crippen LogP contribution in [0.2, 0.25) is 0 Å². The fraction of sp³-hybridized carbons (Fsp3) is 0.425. The van der Waals surface area contributed by atoms with Gasteiger partial charge in [0.1, 0.15) is 11.6 Å². The highest BCUT2D eigenvalue weighted by molar-refractivity contribution is 7.78. The van der Waals surface area contributed by atoms with Crippen LogP contribution in [0.4, 0.5) is 23.2 Å². The largest absolute Gasteiger partial charge is 0.483 e. The Labute approximate surface area is 332 Å². The molecule has 5 rings (SSSR count). The molecule has 1 heterocycles. The number of halogens is 4. The molecule has 0 radical (unpaired) electrons. The van der Waals surface area contributed by atoms with E-state index in [1.165, 1.54) is 0 Å². The van der Waals surface area contributed by atoms with Gasteiger partial charge in [0.15, 0.2) is 0 Å². The van der Waals surface area contributed by atoms with Crippen molar-refractivity contribution in [2.24, 2.45) is 18.9 Å². The van der Waals surface area contributed by atoms with Gasteiger partial charge in [-0.05, 0) is 85.7 Å². The molecule has 2 amide bonds. The van der Waals surface area contributed by atoms with Crippen molar-refractivity contribution in [3.05, 3.63) is 83.4 Å². The minimum atomic E-state index is -4.58. The average molecular weight is 810 g/mol. The lowest BCUT2D eigenvalue weighted by Crippen LogP contribution is -2.45. The van der Waals surface area contributed by atoms with Crippen LogP contribution in [0.25, 0.3) is 22.2 Å². The van der Waals surface area contributed by atoms with Gasteiger partial charge in [0.2, 0.25) is 12.3 Å². The van der Waals surface area contributed by atoms with E-state index in [9.17, 15) is 37.1 Å². The number of amides is 2. The number of hydrogen-bond donors (Lipinski definition) is 5. The van der Waals surface area contributed by atoms with Gasteiger partial charge in [0.05, 0.1) is 28.2 Å². The second-order valence-corrected chi connectivity index (χ2v) is 12.5. The molecule has 1 aliphatic rings. The Morgan fingerprint density at radius 2 is 1.52 bits per heavy atom. The van der Waals surface area contributed by atoms with Crippen molar-refractivity contribution in [2.45, 2.75) is 79.4 Å². The first-order chi connectivity index (χ1) is 26.4. The molecular weight excluding hydrogens is 755 g/mol. The summed E-state index contributed by atoms with van der Waals surface area (Å²) in [5.41, 5.74) is 3.87. The predicted molar refractivity (Wildman–Crippen MR) is 216 cm³/mol. The molecule has 16 heteroatoms. The SMILES string of the molecule is CC.CC.CC(=O)N(C)[C@@H]1C[C@H](C)C(C(=O)O)[C@H](c2ccc(-c3ccc4c(c3)nc(C)n4C)cc2)C1.CNS.O=CNc1ccc(C(F)(F)F)cc1F.O=CO. The van der Waals surface area contributed by atoms with Crippen LogP contribution in [-0.2, 0) is 32.4 Å². The molecular formula is C40H55F4N5O6S. The number of carboxylic acids is 1. The van der Waals surface area contributed by atoms with E-state index >= 15 is 0 Å². The standard InChI is InChI=1S/C26H31N3O3.C8H5F4NO.2C2H6.CH5NS.CH2O2/c1-15-12-21(29(5)17(3)30)14-22(25(15)26(31)32)19-8-6-18(7-9-19)20-10-11-24-23(13-20)27-16(2)28(24)4;9-6-3-5(8(10,11)12)1-2-7(6)13-4-14;2*1-2;1-2-3;2-1-3/h6-11,13,15,21-22,25H,12,14H2,1-5H3,(H,31,32);1-4H,(H,13,14);2*1-2H3;2-3H,1H3;1H,(H,2,3)/t15-,21+,22-,25?;;;;;/m0...../s1. The highest BCUT2D eigenvalue weighted by Gasteiger charge is 2.42. The van der Waals surface area contributed by atoms with E-state index < -0.39 is 29.4 Å². The van der Waals surface area contributed by atoms with Crippen LogP contribution in [0.5, 0.6) is 0 Å². The molecule has 0 spiro atoms. The smallest absolute Gasteiger partial charge is 0.416 e. The summed E-state index contributed by atoms with van der Waals surface area (Å²) in [7, 11) is 5.57. The fourth-order valence-corrected chi connectivity index (χ4v) is 6.14. The zero-order chi connectivity index (χ0) is 43.3. The normalized spacial score (nSPS) is 16.8. The number of nitrogens with one attached hydrogen (secondary N) is 2. The van der Waals surface area contributed by atoms with Gasteiger partial charge in [0, 0.05) is 27.1 Å². The van der Waals surface area contributed by atoms with Crippen molar-refractivity contribution in [1.82, 2.24) is 19.2 Å². The maximum Gasteiger partial charge on any atom is 0.416 e. The van der Waals surface area contributed by atoms with Gasteiger partial charge in [-0.1, -0.05) is 77.8 Å². The number of carbonyl (C=O) groups is 4. The van der Waals surface area contributed by atoms with E-state index in [1.54, 1.807) is 18.9 Å². The Morgan fingerprint density at radius 3 is 1.98 bits per heavy atom.